The fourth-order valence-electron chi connectivity index (χ4n) is 2.96. The fraction of sp³-hybridized carbons (Fsp3) is 0.200. The SMILES string of the molecule is Cc1noc(C)c1Cn1c(COc2ccccc2)nc2ccccc21. The van der Waals surface area contributed by atoms with E-state index in [0.717, 1.165) is 39.6 Å². The van der Waals surface area contributed by atoms with Crippen LogP contribution in [0.25, 0.3) is 11.0 Å². The van der Waals surface area contributed by atoms with Gasteiger partial charge in [0.1, 0.15) is 23.9 Å². The van der Waals surface area contributed by atoms with E-state index < -0.39 is 0 Å². The van der Waals surface area contributed by atoms with Crippen molar-refractivity contribution in [1.29, 1.82) is 0 Å². The Morgan fingerprint density at radius 1 is 1.00 bits per heavy atom. The first-order valence-corrected chi connectivity index (χ1v) is 8.26. The van der Waals surface area contributed by atoms with Crippen LogP contribution in [0.1, 0.15) is 22.8 Å². The molecule has 25 heavy (non-hydrogen) atoms. The molecule has 2 heterocycles. The van der Waals surface area contributed by atoms with Crippen LogP contribution < -0.4 is 4.74 Å². The highest BCUT2D eigenvalue weighted by atomic mass is 16.5. The van der Waals surface area contributed by atoms with Crippen molar-refractivity contribution in [3.05, 3.63) is 77.4 Å². The van der Waals surface area contributed by atoms with E-state index >= 15 is 0 Å². The van der Waals surface area contributed by atoms with Crippen molar-refractivity contribution in [2.24, 2.45) is 0 Å². The lowest BCUT2D eigenvalue weighted by atomic mass is 10.2. The second-order valence-corrected chi connectivity index (χ2v) is 6.01. The summed E-state index contributed by atoms with van der Waals surface area (Å²) in [5.41, 5.74) is 4.03. The third kappa shape index (κ3) is 3.01. The molecule has 4 aromatic rings. The maximum absolute atomic E-state index is 5.92. The van der Waals surface area contributed by atoms with E-state index in [9.17, 15) is 0 Å². The molecule has 0 aliphatic rings. The molecule has 0 bridgehead atoms. The zero-order valence-electron chi connectivity index (χ0n) is 14.3. The van der Waals surface area contributed by atoms with Crippen LogP contribution in [0.5, 0.6) is 5.75 Å². The van der Waals surface area contributed by atoms with Crippen LogP contribution in [-0.4, -0.2) is 14.7 Å². The van der Waals surface area contributed by atoms with Crippen LogP contribution in [0.3, 0.4) is 0 Å². The molecule has 5 nitrogen and oxygen atoms in total. The molecule has 0 saturated carbocycles. The molecule has 0 amide bonds. The summed E-state index contributed by atoms with van der Waals surface area (Å²) in [6.45, 7) is 4.97. The molecule has 0 atom stereocenters. The minimum Gasteiger partial charge on any atom is -0.486 e. The minimum absolute atomic E-state index is 0.405. The van der Waals surface area contributed by atoms with Gasteiger partial charge in [0.25, 0.3) is 0 Å². The van der Waals surface area contributed by atoms with Crippen LogP contribution in [0.2, 0.25) is 0 Å². The molecule has 5 heteroatoms. The predicted molar refractivity (Wildman–Crippen MR) is 95.6 cm³/mol. The van der Waals surface area contributed by atoms with E-state index in [2.05, 4.69) is 15.8 Å². The van der Waals surface area contributed by atoms with E-state index in [-0.39, 0.29) is 0 Å². The molecular formula is C20H19N3O2. The third-order valence-electron chi connectivity index (χ3n) is 4.34. The smallest absolute Gasteiger partial charge is 0.148 e. The zero-order chi connectivity index (χ0) is 17.2. The predicted octanol–water partition coefficient (Wildman–Crippen LogP) is 4.27. The van der Waals surface area contributed by atoms with Gasteiger partial charge in [-0.05, 0) is 38.1 Å². The number of hydrogen-bond acceptors (Lipinski definition) is 4. The van der Waals surface area contributed by atoms with Gasteiger partial charge in [-0.15, -0.1) is 0 Å². The lowest BCUT2D eigenvalue weighted by molar-refractivity contribution is 0.291. The van der Waals surface area contributed by atoms with E-state index in [4.69, 9.17) is 14.2 Å². The van der Waals surface area contributed by atoms with Crippen molar-refractivity contribution >= 4 is 11.0 Å². The van der Waals surface area contributed by atoms with Crippen molar-refractivity contribution < 1.29 is 9.26 Å². The number of nitrogens with zero attached hydrogens (tertiary/aromatic N) is 3. The van der Waals surface area contributed by atoms with E-state index in [1.54, 1.807) is 0 Å². The van der Waals surface area contributed by atoms with Gasteiger partial charge in [-0.1, -0.05) is 35.5 Å². The van der Waals surface area contributed by atoms with Crippen molar-refractivity contribution in [3.8, 4) is 5.75 Å². The number of benzene rings is 2. The van der Waals surface area contributed by atoms with Gasteiger partial charge in [0.2, 0.25) is 0 Å². The number of para-hydroxylation sites is 3. The van der Waals surface area contributed by atoms with Crippen LogP contribution >= 0.6 is 0 Å². The molecule has 0 aliphatic heterocycles. The Kier molecular flexibility index (Phi) is 3.98. The zero-order valence-corrected chi connectivity index (χ0v) is 14.3. The highest BCUT2D eigenvalue weighted by molar-refractivity contribution is 5.76. The molecule has 0 radical (unpaired) electrons. The van der Waals surface area contributed by atoms with Gasteiger partial charge >= 0.3 is 0 Å². The summed E-state index contributed by atoms with van der Waals surface area (Å²) in [6, 6.07) is 17.9. The molecule has 4 rings (SSSR count). The molecule has 2 aromatic heterocycles. The first kappa shape index (κ1) is 15.4. The molecule has 0 spiro atoms. The maximum atomic E-state index is 5.92. The normalized spacial score (nSPS) is 11.1. The molecule has 2 aromatic carbocycles. The molecule has 0 fully saturated rings. The van der Waals surface area contributed by atoms with Gasteiger partial charge < -0.3 is 13.8 Å². The number of hydrogen-bond donors (Lipinski definition) is 0. The van der Waals surface area contributed by atoms with Gasteiger partial charge in [-0.2, -0.15) is 0 Å². The second-order valence-electron chi connectivity index (χ2n) is 6.01. The summed E-state index contributed by atoms with van der Waals surface area (Å²) in [4.78, 5) is 4.75. The summed E-state index contributed by atoms with van der Waals surface area (Å²) in [5, 5.41) is 4.06. The first-order chi connectivity index (χ1) is 12.2. The Bertz CT molecular complexity index is 983. The summed E-state index contributed by atoms with van der Waals surface area (Å²) in [5.74, 6) is 2.55. The summed E-state index contributed by atoms with van der Waals surface area (Å²) < 4.78 is 13.4. The number of fused-ring (bicyclic) bond motifs is 1. The number of aryl methyl sites for hydroxylation is 2. The molecular weight excluding hydrogens is 314 g/mol. The average molecular weight is 333 g/mol. The lowest BCUT2D eigenvalue weighted by Crippen LogP contribution is -2.09. The van der Waals surface area contributed by atoms with Gasteiger partial charge in [0.05, 0.1) is 23.3 Å². The van der Waals surface area contributed by atoms with E-state index in [1.807, 2.05) is 62.4 Å². The summed E-state index contributed by atoms with van der Waals surface area (Å²) in [7, 11) is 0. The Morgan fingerprint density at radius 3 is 2.52 bits per heavy atom. The van der Waals surface area contributed by atoms with Gasteiger partial charge in [0.15, 0.2) is 0 Å². The van der Waals surface area contributed by atoms with Crippen molar-refractivity contribution in [2.45, 2.75) is 27.0 Å². The molecule has 126 valence electrons. The van der Waals surface area contributed by atoms with Crippen molar-refractivity contribution in [2.75, 3.05) is 0 Å². The Morgan fingerprint density at radius 2 is 1.76 bits per heavy atom. The monoisotopic (exact) mass is 333 g/mol. The number of aromatic nitrogens is 3. The molecule has 0 N–H and O–H groups in total. The fourth-order valence-corrected chi connectivity index (χ4v) is 2.96. The molecule has 0 aliphatic carbocycles. The number of rotatable bonds is 5. The highest BCUT2D eigenvalue weighted by Gasteiger charge is 2.16. The standard InChI is InChI=1S/C20H19N3O2/c1-14-17(15(2)25-22-14)12-23-19-11-7-6-10-18(19)21-20(23)13-24-16-8-4-3-5-9-16/h3-11H,12-13H2,1-2H3. The Hall–Kier alpha value is -3.08. The summed E-state index contributed by atoms with van der Waals surface area (Å²) >= 11 is 0. The Balaban J connectivity index is 1.70. The molecule has 0 unspecified atom stereocenters. The van der Waals surface area contributed by atoms with Crippen LogP contribution in [0.4, 0.5) is 0 Å². The topological polar surface area (TPSA) is 53.1 Å². The quantitative estimate of drug-likeness (QED) is 0.547. The van der Waals surface area contributed by atoms with Crippen LogP contribution in [0, 0.1) is 13.8 Å². The number of imidazole rings is 1. The minimum atomic E-state index is 0.405. The largest absolute Gasteiger partial charge is 0.486 e. The van der Waals surface area contributed by atoms with Crippen molar-refractivity contribution in [1.82, 2.24) is 14.7 Å². The Labute approximate surface area is 145 Å². The highest BCUT2D eigenvalue weighted by Crippen LogP contribution is 2.22. The van der Waals surface area contributed by atoms with Crippen LogP contribution in [0.15, 0.2) is 59.1 Å². The average Bonchev–Trinajstić information content (AvgIpc) is 3.16. The van der Waals surface area contributed by atoms with E-state index in [0.29, 0.717) is 13.2 Å². The van der Waals surface area contributed by atoms with Gasteiger partial charge in [0, 0.05) is 5.56 Å². The summed E-state index contributed by atoms with van der Waals surface area (Å²) in [6.07, 6.45) is 0. The van der Waals surface area contributed by atoms with Crippen LogP contribution in [-0.2, 0) is 13.2 Å². The van der Waals surface area contributed by atoms with Gasteiger partial charge in [-0.25, -0.2) is 4.98 Å². The maximum Gasteiger partial charge on any atom is 0.148 e. The number of ether oxygens (including phenoxy) is 1. The lowest BCUT2D eigenvalue weighted by Gasteiger charge is -2.10. The van der Waals surface area contributed by atoms with Crippen molar-refractivity contribution in [3.63, 3.8) is 0 Å². The van der Waals surface area contributed by atoms with Gasteiger partial charge in [-0.3, -0.25) is 0 Å². The second kappa shape index (κ2) is 6.43. The van der Waals surface area contributed by atoms with E-state index in [1.165, 1.54) is 0 Å². The molecule has 0 saturated heterocycles. The first-order valence-electron chi connectivity index (χ1n) is 8.26. The third-order valence-corrected chi connectivity index (χ3v) is 4.34.